The zero-order valence-corrected chi connectivity index (χ0v) is 14.3. The van der Waals surface area contributed by atoms with Crippen molar-refractivity contribution in [3.05, 3.63) is 57.7 Å². The first kappa shape index (κ1) is 16.3. The van der Waals surface area contributed by atoms with Gasteiger partial charge in [0.05, 0.1) is 5.56 Å². The quantitative estimate of drug-likeness (QED) is 0.468. The van der Waals surface area contributed by atoms with Crippen molar-refractivity contribution in [3.8, 4) is 11.5 Å². The SMILES string of the molecule is CNC(=O)/C(=N/OC)c1ccccc1Oc1cccc(I)c1. The molecule has 0 aromatic heterocycles. The molecule has 0 saturated carbocycles. The summed E-state index contributed by atoms with van der Waals surface area (Å²) in [5.74, 6) is 0.873. The Morgan fingerprint density at radius 2 is 1.95 bits per heavy atom. The monoisotopic (exact) mass is 410 g/mol. The number of para-hydroxylation sites is 1. The van der Waals surface area contributed by atoms with E-state index in [-0.39, 0.29) is 11.6 Å². The average molecular weight is 410 g/mol. The van der Waals surface area contributed by atoms with E-state index in [1.807, 2.05) is 36.4 Å². The molecule has 0 fully saturated rings. The van der Waals surface area contributed by atoms with Crippen LogP contribution in [0.2, 0.25) is 0 Å². The van der Waals surface area contributed by atoms with Crippen LogP contribution in [0, 0.1) is 3.57 Å². The van der Waals surface area contributed by atoms with Gasteiger partial charge in [0.25, 0.3) is 5.91 Å². The highest BCUT2D eigenvalue weighted by molar-refractivity contribution is 14.1. The summed E-state index contributed by atoms with van der Waals surface area (Å²) in [6, 6.07) is 14.8. The number of oxime groups is 1. The number of amides is 1. The van der Waals surface area contributed by atoms with Crippen molar-refractivity contribution in [1.29, 1.82) is 0 Å². The summed E-state index contributed by atoms with van der Waals surface area (Å²) >= 11 is 2.21. The highest BCUT2D eigenvalue weighted by Crippen LogP contribution is 2.27. The molecule has 0 unspecified atom stereocenters. The Balaban J connectivity index is 2.41. The highest BCUT2D eigenvalue weighted by Gasteiger charge is 2.18. The van der Waals surface area contributed by atoms with Crippen molar-refractivity contribution in [2.45, 2.75) is 0 Å². The van der Waals surface area contributed by atoms with Gasteiger partial charge in [0.1, 0.15) is 18.6 Å². The van der Waals surface area contributed by atoms with Crippen molar-refractivity contribution in [2.24, 2.45) is 5.16 Å². The lowest BCUT2D eigenvalue weighted by Crippen LogP contribution is -2.28. The molecule has 0 aliphatic carbocycles. The molecule has 0 spiro atoms. The first-order valence-corrected chi connectivity index (χ1v) is 7.59. The van der Waals surface area contributed by atoms with E-state index >= 15 is 0 Å². The van der Waals surface area contributed by atoms with Gasteiger partial charge >= 0.3 is 0 Å². The van der Waals surface area contributed by atoms with Gasteiger partial charge in [-0.1, -0.05) is 23.4 Å². The second-order valence-corrected chi connectivity index (χ2v) is 5.50. The topological polar surface area (TPSA) is 59.9 Å². The van der Waals surface area contributed by atoms with Gasteiger partial charge in [0, 0.05) is 10.6 Å². The number of hydrogen-bond donors (Lipinski definition) is 1. The van der Waals surface area contributed by atoms with Crippen LogP contribution in [-0.2, 0) is 9.63 Å². The van der Waals surface area contributed by atoms with Gasteiger partial charge in [-0.3, -0.25) is 4.79 Å². The van der Waals surface area contributed by atoms with Crippen LogP contribution in [0.3, 0.4) is 0 Å². The lowest BCUT2D eigenvalue weighted by molar-refractivity contribution is -0.114. The van der Waals surface area contributed by atoms with Crippen molar-refractivity contribution in [1.82, 2.24) is 5.32 Å². The number of hydrogen-bond acceptors (Lipinski definition) is 4. The molecule has 2 aromatic carbocycles. The molecule has 1 amide bonds. The van der Waals surface area contributed by atoms with Crippen LogP contribution < -0.4 is 10.1 Å². The third-order valence-corrected chi connectivity index (χ3v) is 3.46. The zero-order chi connectivity index (χ0) is 15.9. The highest BCUT2D eigenvalue weighted by atomic mass is 127. The molecule has 1 N–H and O–H groups in total. The largest absolute Gasteiger partial charge is 0.457 e. The van der Waals surface area contributed by atoms with E-state index in [0.29, 0.717) is 17.1 Å². The lowest BCUT2D eigenvalue weighted by atomic mass is 10.1. The molecule has 0 aliphatic heterocycles. The standard InChI is InChI=1S/C16H15IN2O3/c1-18-16(20)15(19-21-2)13-8-3-4-9-14(13)22-12-7-5-6-11(17)10-12/h3-10H,1-2H3,(H,18,20)/b19-15+. The number of halogens is 1. The van der Waals surface area contributed by atoms with Crippen LogP contribution in [0.25, 0.3) is 0 Å². The third kappa shape index (κ3) is 3.97. The molecule has 0 radical (unpaired) electrons. The fourth-order valence-electron chi connectivity index (χ4n) is 1.83. The molecule has 114 valence electrons. The summed E-state index contributed by atoms with van der Waals surface area (Å²) in [6.45, 7) is 0. The summed E-state index contributed by atoms with van der Waals surface area (Å²) in [6.07, 6.45) is 0. The van der Waals surface area contributed by atoms with Crippen molar-refractivity contribution < 1.29 is 14.4 Å². The normalized spacial score (nSPS) is 11.0. The number of nitrogens with one attached hydrogen (secondary N) is 1. The van der Waals surface area contributed by atoms with E-state index in [1.54, 1.807) is 12.1 Å². The Kier molecular flexibility index (Phi) is 5.76. The second-order valence-electron chi connectivity index (χ2n) is 4.26. The lowest BCUT2D eigenvalue weighted by Gasteiger charge is -2.12. The molecule has 22 heavy (non-hydrogen) atoms. The molecule has 0 heterocycles. The van der Waals surface area contributed by atoms with Gasteiger partial charge in [0.15, 0.2) is 5.71 Å². The van der Waals surface area contributed by atoms with E-state index in [1.165, 1.54) is 14.2 Å². The smallest absolute Gasteiger partial charge is 0.273 e. The molecular weight excluding hydrogens is 395 g/mol. The van der Waals surface area contributed by atoms with E-state index in [4.69, 9.17) is 9.57 Å². The van der Waals surface area contributed by atoms with Crippen LogP contribution in [0.15, 0.2) is 53.7 Å². The number of likely N-dealkylation sites (N-methyl/N-ethyl adjacent to an activating group) is 1. The maximum Gasteiger partial charge on any atom is 0.273 e. The molecule has 2 aromatic rings. The van der Waals surface area contributed by atoms with Crippen LogP contribution >= 0.6 is 22.6 Å². The maximum atomic E-state index is 12.0. The minimum Gasteiger partial charge on any atom is -0.457 e. The Morgan fingerprint density at radius 3 is 2.64 bits per heavy atom. The molecule has 0 bridgehead atoms. The maximum absolute atomic E-state index is 12.0. The number of ether oxygens (including phenoxy) is 1. The fraction of sp³-hybridized carbons (Fsp3) is 0.125. The molecular formula is C16H15IN2O3. The van der Waals surface area contributed by atoms with Crippen LogP contribution in [0.5, 0.6) is 11.5 Å². The predicted molar refractivity (Wildman–Crippen MR) is 93.3 cm³/mol. The number of rotatable bonds is 5. The van der Waals surface area contributed by atoms with Gasteiger partial charge in [-0.05, 0) is 52.9 Å². The van der Waals surface area contributed by atoms with E-state index in [2.05, 4.69) is 33.1 Å². The van der Waals surface area contributed by atoms with E-state index < -0.39 is 0 Å². The van der Waals surface area contributed by atoms with Gasteiger partial charge in [-0.25, -0.2) is 0 Å². The Bertz CT molecular complexity index is 701. The first-order chi connectivity index (χ1) is 10.7. The molecule has 0 atom stereocenters. The van der Waals surface area contributed by atoms with E-state index in [0.717, 1.165) is 3.57 Å². The second kappa shape index (κ2) is 7.79. The summed E-state index contributed by atoms with van der Waals surface area (Å²) in [4.78, 5) is 16.8. The fourth-order valence-corrected chi connectivity index (χ4v) is 2.35. The van der Waals surface area contributed by atoms with Crippen LogP contribution in [-0.4, -0.2) is 25.8 Å². The first-order valence-electron chi connectivity index (χ1n) is 6.51. The van der Waals surface area contributed by atoms with Crippen molar-refractivity contribution >= 4 is 34.2 Å². The average Bonchev–Trinajstić information content (AvgIpc) is 2.53. The summed E-state index contributed by atoms with van der Waals surface area (Å²) < 4.78 is 6.95. The van der Waals surface area contributed by atoms with Gasteiger partial charge in [-0.15, -0.1) is 0 Å². The van der Waals surface area contributed by atoms with Crippen LogP contribution in [0.4, 0.5) is 0 Å². The number of benzene rings is 2. The Hall–Kier alpha value is -2.09. The van der Waals surface area contributed by atoms with E-state index in [9.17, 15) is 4.79 Å². The zero-order valence-electron chi connectivity index (χ0n) is 12.2. The Labute approximate surface area is 142 Å². The van der Waals surface area contributed by atoms with Gasteiger partial charge in [-0.2, -0.15) is 0 Å². The predicted octanol–water partition coefficient (Wildman–Crippen LogP) is 3.18. The summed E-state index contributed by atoms with van der Waals surface area (Å²) in [5, 5.41) is 6.35. The molecule has 6 heteroatoms. The number of carbonyl (C=O) groups is 1. The van der Waals surface area contributed by atoms with Crippen molar-refractivity contribution in [2.75, 3.05) is 14.2 Å². The van der Waals surface area contributed by atoms with Crippen LogP contribution in [0.1, 0.15) is 5.56 Å². The summed E-state index contributed by atoms with van der Waals surface area (Å²) in [7, 11) is 2.93. The van der Waals surface area contributed by atoms with Gasteiger partial charge < -0.3 is 14.9 Å². The van der Waals surface area contributed by atoms with Gasteiger partial charge in [0.2, 0.25) is 0 Å². The molecule has 0 saturated heterocycles. The molecule has 5 nitrogen and oxygen atoms in total. The Morgan fingerprint density at radius 1 is 1.18 bits per heavy atom. The number of carbonyl (C=O) groups excluding carboxylic acids is 1. The molecule has 2 rings (SSSR count). The minimum atomic E-state index is -0.347. The minimum absolute atomic E-state index is 0.159. The third-order valence-electron chi connectivity index (χ3n) is 2.79. The number of nitrogens with zero attached hydrogens (tertiary/aromatic N) is 1. The van der Waals surface area contributed by atoms with Crippen molar-refractivity contribution in [3.63, 3.8) is 0 Å². The summed E-state index contributed by atoms with van der Waals surface area (Å²) in [5.41, 5.74) is 0.716. The molecule has 0 aliphatic rings.